The zero-order valence-electron chi connectivity index (χ0n) is 20.1. The molecule has 0 saturated heterocycles. The standard InChI is InChI=1S/C28H34Cl2N2O/c1-5-6-25(21-9-7-19(4)8-10-21)32-27(33)26(22-15-23(29)17-24(30)16-22)31-28(32)13-11-20(12-14-28)18(2)3/h7-10,15-18,20,25H,5-6,11-14H2,1-4H3. The molecule has 3 nitrogen and oxygen atoms in total. The number of nitrogens with zero attached hydrogens (tertiary/aromatic N) is 2. The summed E-state index contributed by atoms with van der Waals surface area (Å²) in [7, 11) is 0. The Morgan fingerprint density at radius 3 is 2.21 bits per heavy atom. The molecule has 0 radical (unpaired) electrons. The molecule has 1 aliphatic carbocycles. The molecule has 0 bridgehead atoms. The van der Waals surface area contributed by atoms with E-state index in [1.165, 1.54) is 11.1 Å². The first-order valence-electron chi connectivity index (χ1n) is 12.2. The van der Waals surface area contributed by atoms with Crippen molar-refractivity contribution in [2.24, 2.45) is 16.8 Å². The van der Waals surface area contributed by atoms with Crippen molar-refractivity contribution in [3.05, 3.63) is 69.2 Å². The average Bonchev–Trinajstić information content (AvgIpc) is 3.04. The normalized spacial score (nSPS) is 24.0. The smallest absolute Gasteiger partial charge is 0.275 e. The van der Waals surface area contributed by atoms with Gasteiger partial charge in [-0.1, -0.05) is 80.2 Å². The molecule has 1 unspecified atom stereocenters. The lowest BCUT2D eigenvalue weighted by atomic mass is 9.76. The fourth-order valence-corrected chi connectivity index (χ4v) is 6.08. The predicted molar refractivity (Wildman–Crippen MR) is 138 cm³/mol. The molecule has 2 aromatic carbocycles. The van der Waals surface area contributed by atoms with Crippen LogP contribution in [0, 0.1) is 18.8 Å². The quantitative estimate of drug-likeness (QED) is 0.408. The van der Waals surface area contributed by atoms with Gasteiger partial charge in [0.05, 0.1) is 6.04 Å². The summed E-state index contributed by atoms with van der Waals surface area (Å²) in [6, 6.07) is 13.9. The molecule has 1 heterocycles. The summed E-state index contributed by atoms with van der Waals surface area (Å²) < 4.78 is 0. The van der Waals surface area contributed by atoms with Gasteiger partial charge >= 0.3 is 0 Å². The Morgan fingerprint density at radius 2 is 1.67 bits per heavy atom. The van der Waals surface area contributed by atoms with E-state index >= 15 is 0 Å². The number of aliphatic imine (C=N–C) groups is 1. The summed E-state index contributed by atoms with van der Waals surface area (Å²) in [5.41, 5.74) is 3.11. The van der Waals surface area contributed by atoms with Crippen LogP contribution in [0.3, 0.4) is 0 Å². The van der Waals surface area contributed by atoms with Crippen molar-refractivity contribution in [1.82, 2.24) is 4.90 Å². The molecule has 2 aromatic rings. The summed E-state index contributed by atoms with van der Waals surface area (Å²) in [4.78, 5) is 21.4. The number of benzene rings is 2. The molecule has 1 amide bonds. The van der Waals surface area contributed by atoms with Gasteiger partial charge in [-0.2, -0.15) is 0 Å². The van der Waals surface area contributed by atoms with Crippen molar-refractivity contribution in [2.75, 3.05) is 0 Å². The van der Waals surface area contributed by atoms with Crippen molar-refractivity contribution in [2.45, 2.75) is 77.9 Å². The molecular formula is C28H34Cl2N2O. The maximum absolute atomic E-state index is 14.1. The van der Waals surface area contributed by atoms with Gasteiger partial charge in [-0.05, 0) is 74.6 Å². The van der Waals surface area contributed by atoms with Gasteiger partial charge < -0.3 is 4.90 Å². The summed E-state index contributed by atoms with van der Waals surface area (Å²) in [5, 5.41) is 1.04. The Morgan fingerprint density at radius 1 is 1.06 bits per heavy atom. The molecule has 33 heavy (non-hydrogen) atoms. The van der Waals surface area contributed by atoms with Crippen LogP contribution in [0.5, 0.6) is 0 Å². The highest BCUT2D eigenvalue weighted by atomic mass is 35.5. The van der Waals surface area contributed by atoms with Crippen LogP contribution in [0.1, 0.15) is 82.0 Å². The lowest BCUT2D eigenvalue weighted by Crippen LogP contribution is -2.51. The molecule has 1 fully saturated rings. The third-order valence-electron chi connectivity index (χ3n) is 7.44. The van der Waals surface area contributed by atoms with Gasteiger partial charge in [0.15, 0.2) is 0 Å². The van der Waals surface area contributed by atoms with Crippen LogP contribution < -0.4 is 0 Å². The van der Waals surface area contributed by atoms with Gasteiger partial charge in [-0.3, -0.25) is 9.79 Å². The van der Waals surface area contributed by atoms with Crippen molar-refractivity contribution in [3.8, 4) is 0 Å². The number of halogens is 2. The number of aryl methyl sites for hydroxylation is 1. The van der Waals surface area contributed by atoms with E-state index in [0.717, 1.165) is 38.5 Å². The van der Waals surface area contributed by atoms with E-state index in [9.17, 15) is 4.79 Å². The van der Waals surface area contributed by atoms with Crippen molar-refractivity contribution < 1.29 is 4.79 Å². The molecule has 2 aliphatic rings. The Kier molecular flexibility index (Phi) is 7.21. The first-order chi connectivity index (χ1) is 15.7. The molecule has 0 N–H and O–H groups in total. The van der Waals surface area contributed by atoms with Crippen molar-refractivity contribution in [1.29, 1.82) is 0 Å². The summed E-state index contributed by atoms with van der Waals surface area (Å²) in [6.45, 7) is 8.88. The lowest BCUT2D eigenvalue weighted by molar-refractivity contribution is -0.133. The topological polar surface area (TPSA) is 32.7 Å². The van der Waals surface area contributed by atoms with Crippen LogP contribution in [0.2, 0.25) is 10.0 Å². The summed E-state index contributed by atoms with van der Waals surface area (Å²) in [6.07, 6.45) is 5.86. The number of amides is 1. The van der Waals surface area contributed by atoms with E-state index in [1.54, 1.807) is 6.07 Å². The Bertz CT molecular complexity index is 1020. The zero-order valence-corrected chi connectivity index (χ0v) is 21.6. The first-order valence-corrected chi connectivity index (χ1v) is 13.0. The summed E-state index contributed by atoms with van der Waals surface area (Å²) >= 11 is 12.6. The number of carbonyl (C=O) groups is 1. The van der Waals surface area contributed by atoms with Crippen LogP contribution in [0.4, 0.5) is 0 Å². The lowest BCUT2D eigenvalue weighted by Gasteiger charge is -2.46. The number of carbonyl (C=O) groups excluding carboxylic acids is 1. The van der Waals surface area contributed by atoms with E-state index in [2.05, 4.69) is 56.9 Å². The number of hydrogen-bond acceptors (Lipinski definition) is 2. The van der Waals surface area contributed by atoms with Crippen LogP contribution in [0.25, 0.3) is 0 Å². The van der Waals surface area contributed by atoms with Gasteiger partial charge in [0.2, 0.25) is 0 Å². The van der Waals surface area contributed by atoms with Gasteiger partial charge in [0.25, 0.3) is 5.91 Å². The van der Waals surface area contributed by atoms with Crippen molar-refractivity contribution >= 4 is 34.8 Å². The predicted octanol–water partition coefficient (Wildman–Crippen LogP) is 8.02. The minimum absolute atomic E-state index is 0.00430. The highest BCUT2D eigenvalue weighted by Crippen LogP contribution is 2.48. The SMILES string of the molecule is CCCC(c1ccc(C)cc1)N1C(=O)C(c2cc(Cl)cc(Cl)c2)=NC12CCC(C(C)C)CC2. The van der Waals surface area contributed by atoms with E-state index in [-0.39, 0.29) is 11.9 Å². The highest BCUT2D eigenvalue weighted by molar-refractivity contribution is 6.47. The molecule has 0 aromatic heterocycles. The molecule has 1 atom stereocenters. The van der Waals surface area contributed by atoms with E-state index in [0.29, 0.717) is 33.2 Å². The minimum atomic E-state index is -0.503. The molecule has 5 heteroatoms. The Balaban J connectivity index is 1.79. The van der Waals surface area contributed by atoms with E-state index in [1.807, 2.05) is 12.1 Å². The first kappa shape index (κ1) is 24.3. The van der Waals surface area contributed by atoms with Gasteiger partial charge in [0.1, 0.15) is 11.4 Å². The average molecular weight is 485 g/mol. The summed E-state index contributed by atoms with van der Waals surface area (Å²) in [5.74, 6) is 1.32. The molecular weight excluding hydrogens is 451 g/mol. The molecule has 1 spiro atoms. The largest absolute Gasteiger partial charge is 0.305 e. The van der Waals surface area contributed by atoms with Crippen LogP contribution >= 0.6 is 23.2 Å². The number of rotatable bonds is 6. The Labute approximate surface area is 208 Å². The van der Waals surface area contributed by atoms with Gasteiger partial charge in [0, 0.05) is 15.6 Å². The highest BCUT2D eigenvalue weighted by Gasteiger charge is 2.51. The second kappa shape index (κ2) is 9.80. The number of hydrogen-bond donors (Lipinski definition) is 0. The maximum atomic E-state index is 14.1. The van der Waals surface area contributed by atoms with E-state index < -0.39 is 5.66 Å². The fourth-order valence-electron chi connectivity index (χ4n) is 5.55. The van der Waals surface area contributed by atoms with Crippen molar-refractivity contribution in [3.63, 3.8) is 0 Å². The Hall–Kier alpha value is -1.84. The molecule has 1 saturated carbocycles. The zero-order chi connectivity index (χ0) is 23.8. The second-order valence-corrected chi connectivity index (χ2v) is 10.9. The van der Waals surface area contributed by atoms with Crippen LogP contribution in [-0.2, 0) is 4.79 Å². The second-order valence-electron chi connectivity index (χ2n) is 10.1. The minimum Gasteiger partial charge on any atom is -0.305 e. The van der Waals surface area contributed by atoms with Gasteiger partial charge in [-0.25, -0.2) is 0 Å². The van der Waals surface area contributed by atoms with E-state index in [4.69, 9.17) is 28.2 Å². The fraction of sp³-hybridized carbons (Fsp3) is 0.500. The van der Waals surface area contributed by atoms with Crippen LogP contribution in [0.15, 0.2) is 47.5 Å². The van der Waals surface area contributed by atoms with Crippen LogP contribution in [-0.4, -0.2) is 22.2 Å². The maximum Gasteiger partial charge on any atom is 0.275 e. The molecule has 176 valence electrons. The van der Waals surface area contributed by atoms with Gasteiger partial charge in [-0.15, -0.1) is 0 Å². The third kappa shape index (κ3) is 4.86. The molecule has 1 aliphatic heterocycles. The monoisotopic (exact) mass is 484 g/mol. The molecule has 4 rings (SSSR count). The third-order valence-corrected chi connectivity index (χ3v) is 7.87.